The summed E-state index contributed by atoms with van der Waals surface area (Å²) in [4.78, 5) is 4.48. The van der Waals surface area contributed by atoms with Crippen LogP contribution in [0.2, 0.25) is 0 Å². The molecule has 0 aliphatic heterocycles. The van der Waals surface area contributed by atoms with Crippen LogP contribution < -0.4 is 5.32 Å². The lowest BCUT2D eigenvalue weighted by molar-refractivity contribution is 1.18. The normalized spacial score (nSPS) is 11.1. The van der Waals surface area contributed by atoms with Gasteiger partial charge in [0.05, 0.1) is 16.7 Å². The Hall–Kier alpha value is -4.37. The summed E-state index contributed by atoms with van der Waals surface area (Å²) in [5.41, 5.74) is 7.75. The van der Waals surface area contributed by atoms with Crippen molar-refractivity contribution in [2.45, 2.75) is 0 Å². The van der Waals surface area contributed by atoms with Gasteiger partial charge in [-0.2, -0.15) is 0 Å². The SMILES string of the molecule is c1ccc(Nc2ccc3c4ccccc4n(-c4ccc(-c5ccccn5)cc4)c3c2)cc1. The molecule has 1 N–H and O–H groups in total. The molecule has 0 radical (unpaired) electrons. The van der Waals surface area contributed by atoms with Crippen molar-refractivity contribution in [1.29, 1.82) is 0 Å². The van der Waals surface area contributed by atoms with Crippen molar-refractivity contribution in [3.05, 3.63) is 121 Å². The van der Waals surface area contributed by atoms with E-state index in [9.17, 15) is 0 Å². The number of rotatable bonds is 4. The number of hydrogen-bond acceptors (Lipinski definition) is 2. The summed E-state index contributed by atoms with van der Waals surface area (Å²) in [5.74, 6) is 0. The number of pyridine rings is 1. The largest absolute Gasteiger partial charge is 0.355 e. The first-order valence-electron chi connectivity index (χ1n) is 10.7. The van der Waals surface area contributed by atoms with Crippen LogP contribution in [0.4, 0.5) is 11.4 Å². The quantitative estimate of drug-likeness (QED) is 0.324. The van der Waals surface area contributed by atoms with Gasteiger partial charge in [-0.15, -0.1) is 0 Å². The lowest BCUT2D eigenvalue weighted by Gasteiger charge is -2.11. The van der Waals surface area contributed by atoms with E-state index >= 15 is 0 Å². The molecule has 152 valence electrons. The van der Waals surface area contributed by atoms with Gasteiger partial charge in [0.15, 0.2) is 0 Å². The van der Waals surface area contributed by atoms with Crippen LogP contribution in [-0.4, -0.2) is 9.55 Å². The predicted molar refractivity (Wildman–Crippen MR) is 134 cm³/mol. The predicted octanol–water partition coefficient (Wildman–Crippen LogP) is 7.59. The molecule has 4 aromatic carbocycles. The maximum absolute atomic E-state index is 4.48. The molecule has 0 saturated heterocycles. The number of para-hydroxylation sites is 2. The Kier molecular flexibility index (Phi) is 4.43. The molecule has 3 nitrogen and oxygen atoms in total. The summed E-state index contributed by atoms with van der Waals surface area (Å²) in [6.45, 7) is 0. The maximum atomic E-state index is 4.48. The molecular formula is C29H21N3. The summed E-state index contributed by atoms with van der Waals surface area (Å²) < 4.78 is 2.34. The molecule has 0 unspecified atom stereocenters. The van der Waals surface area contributed by atoms with Crippen LogP contribution in [0, 0.1) is 0 Å². The smallest absolute Gasteiger partial charge is 0.0701 e. The molecule has 0 spiro atoms. The number of nitrogens with one attached hydrogen (secondary N) is 1. The molecule has 2 aromatic heterocycles. The van der Waals surface area contributed by atoms with Crippen LogP contribution in [0.25, 0.3) is 38.8 Å². The van der Waals surface area contributed by atoms with Gasteiger partial charge in [0.2, 0.25) is 0 Å². The van der Waals surface area contributed by atoms with E-state index in [1.165, 1.54) is 21.8 Å². The third kappa shape index (κ3) is 3.21. The minimum absolute atomic E-state index is 0.982. The molecule has 0 atom stereocenters. The molecular weight excluding hydrogens is 390 g/mol. The van der Waals surface area contributed by atoms with E-state index in [4.69, 9.17) is 0 Å². The van der Waals surface area contributed by atoms with Crippen molar-refractivity contribution < 1.29 is 0 Å². The fourth-order valence-electron chi connectivity index (χ4n) is 4.33. The lowest BCUT2D eigenvalue weighted by atomic mass is 10.1. The van der Waals surface area contributed by atoms with Crippen molar-refractivity contribution in [2.24, 2.45) is 0 Å². The van der Waals surface area contributed by atoms with E-state index in [2.05, 4.69) is 93.7 Å². The Morgan fingerprint density at radius 3 is 2.12 bits per heavy atom. The van der Waals surface area contributed by atoms with Gasteiger partial charge in [-0.25, -0.2) is 0 Å². The highest BCUT2D eigenvalue weighted by atomic mass is 15.0. The standard InChI is InChI=1S/C29H21N3/c1-2-8-22(9-3-1)31-23-15-18-26-25-10-4-5-12-28(25)32(29(26)20-23)24-16-13-21(14-17-24)27-11-6-7-19-30-27/h1-20,31H. The number of aromatic nitrogens is 2. The van der Waals surface area contributed by atoms with Crippen molar-refractivity contribution in [1.82, 2.24) is 9.55 Å². The van der Waals surface area contributed by atoms with Gasteiger partial charge in [-0.3, -0.25) is 4.98 Å². The fraction of sp³-hybridized carbons (Fsp3) is 0. The molecule has 6 rings (SSSR count). The van der Waals surface area contributed by atoms with Crippen LogP contribution in [-0.2, 0) is 0 Å². The number of anilines is 2. The van der Waals surface area contributed by atoms with Crippen LogP contribution in [0.5, 0.6) is 0 Å². The number of hydrogen-bond donors (Lipinski definition) is 1. The Morgan fingerprint density at radius 1 is 0.562 bits per heavy atom. The second kappa shape index (κ2) is 7.71. The molecule has 0 saturated carbocycles. The van der Waals surface area contributed by atoms with Gasteiger partial charge in [-0.1, -0.05) is 60.7 Å². The van der Waals surface area contributed by atoms with Crippen molar-refractivity contribution in [3.8, 4) is 16.9 Å². The highest BCUT2D eigenvalue weighted by Crippen LogP contribution is 2.34. The molecule has 0 amide bonds. The van der Waals surface area contributed by atoms with Crippen LogP contribution >= 0.6 is 0 Å². The van der Waals surface area contributed by atoms with E-state index in [1.54, 1.807) is 0 Å². The van der Waals surface area contributed by atoms with E-state index in [0.29, 0.717) is 0 Å². The zero-order chi connectivity index (χ0) is 21.3. The van der Waals surface area contributed by atoms with Crippen LogP contribution in [0.1, 0.15) is 0 Å². The number of benzene rings is 4. The minimum Gasteiger partial charge on any atom is -0.355 e. The molecule has 3 heteroatoms. The Morgan fingerprint density at radius 2 is 1.31 bits per heavy atom. The fourth-order valence-corrected chi connectivity index (χ4v) is 4.33. The van der Waals surface area contributed by atoms with Gasteiger partial charge < -0.3 is 9.88 Å². The molecule has 0 aliphatic rings. The third-order valence-corrected chi connectivity index (χ3v) is 5.82. The molecule has 6 aromatic rings. The Bertz CT molecular complexity index is 1520. The summed E-state index contributed by atoms with van der Waals surface area (Å²) in [6.07, 6.45) is 1.83. The number of fused-ring (bicyclic) bond motifs is 3. The van der Waals surface area contributed by atoms with Gasteiger partial charge in [0.1, 0.15) is 0 Å². The first kappa shape index (κ1) is 18.4. The molecule has 32 heavy (non-hydrogen) atoms. The Balaban J connectivity index is 1.50. The van der Waals surface area contributed by atoms with Crippen molar-refractivity contribution >= 4 is 33.2 Å². The summed E-state index contributed by atoms with van der Waals surface area (Å²) in [6, 6.07) is 40.1. The van der Waals surface area contributed by atoms with Gasteiger partial charge in [-0.05, 0) is 54.6 Å². The van der Waals surface area contributed by atoms with E-state index < -0.39 is 0 Å². The zero-order valence-corrected chi connectivity index (χ0v) is 17.4. The Labute approximate surface area is 186 Å². The topological polar surface area (TPSA) is 29.9 Å². The zero-order valence-electron chi connectivity index (χ0n) is 17.4. The van der Waals surface area contributed by atoms with Crippen molar-refractivity contribution in [2.75, 3.05) is 5.32 Å². The molecule has 2 heterocycles. The van der Waals surface area contributed by atoms with Crippen LogP contribution in [0.15, 0.2) is 121 Å². The van der Waals surface area contributed by atoms with Gasteiger partial charge in [0, 0.05) is 39.6 Å². The summed E-state index contributed by atoms with van der Waals surface area (Å²) in [7, 11) is 0. The average Bonchev–Trinajstić information content (AvgIpc) is 3.19. The van der Waals surface area contributed by atoms with E-state index in [1.807, 2.05) is 42.6 Å². The summed E-state index contributed by atoms with van der Waals surface area (Å²) in [5, 5.41) is 6.02. The van der Waals surface area contributed by atoms with Crippen LogP contribution in [0.3, 0.4) is 0 Å². The second-order valence-corrected chi connectivity index (χ2v) is 7.84. The van der Waals surface area contributed by atoms with Gasteiger partial charge in [0.25, 0.3) is 0 Å². The third-order valence-electron chi connectivity index (χ3n) is 5.82. The van der Waals surface area contributed by atoms with E-state index in [-0.39, 0.29) is 0 Å². The second-order valence-electron chi connectivity index (χ2n) is 7.84. The average molecular weight is 412 g/mol. The number of nitrogens with zero attached hydrogens (tertiary/aromatic N) is 2. The first-order chi connectivity index (χ1) is 15.9. The lowest BCUT2D eigenvalue weighted by Crippen LogP contribution is -1.95. The van der Waals surface area contributed by atoms with Crippen molar-refractivity contribution in [3.63, 3.8) is 0 Å². The molecule has 0 fully saturated rings. The minimum atomic E-state index is 0.982. The molecule has 0 bridgehead atoms. The summed E-state index contributed by atoms with van der Waals surface area (Å²) >= 11 is 0. The van der Waals surface area contributed by atoms with Gasteiger partial charge >= 0.3 is 0 Å². The monoisotopic (exact) mass is 411 g/mol. The highest BCUT2D eigenvalue weighted by molar-refractivity contribution is 6.10. The first-order valence-corrected chi connectivity index (χ1v) is 10.7. The highest BCUT2D eigenvalue weighted by Gasteiger charge is 2.13. The van der Waals surface area contributed by atoms with E-state index in [0.717, 1.165) is 28.3 Å². The maximum Gasteiger partial charge on any atom is 0.0701 e. The molecule has 0 aliphatic carbocycles.